The minimum absolute atomic E-state index is 0.0266. The van der Waals surface area contributed by atoms with E-state index < -0.39 is 4.92 Å². The van der Waals surface area contributed by atoms with Gasteiger partial charge in [0, 0.05) is 42.2 Å². The lowest BCUT2D eigenvalue weighted by Crippen LogP contribution is -2.42. The molecule has 1 unspecified atom stereocenters. The minimum atomic E-state index is -0.426. The third kappa shape index (κ3) is 2.99. The highest BCUT2D eigenvalue weighted by molar-refractivity contribution is 5.95. The molecular weight excluding hydrogens is 342 g/mol. The van der Waals surface area contributed by atoms with E-state index in [1.807, 2.05) is 53.6 Å². The minimum Gasteiger partial charge on any atom is -0.348 e. The summed E-state index contributed by atoms with van der Waals surface area (Å²) in [5, 5.41) is 11.1. The average Bonchev–Trinajstić information content (AvgIpc) is 3.15. The summed E-state index contributed by atoms with van der Waals surface area (Å²) in [6.07, 6.45) is 2.03. The fourth-order valence-electron chi connectivity index (χ4n) is 3.75. The molecule has 0 radical (unpaired) electrons. The zero-order chi connectivity index (χ0) is 19.0. The van der Waals surface area contributed by atoms with E-state index in [0.717, 1.165) is 17.8 Å². The molecule has 6 heteroatoms. The molecule has 0 fully saturated rings. The second-order valence-corrected chi connectivity index (χ2v) is 6.70. The molecule has 0 spiro atoms. The van der Waals surface area contributed by atoms with Gasteiger partial charge in [0.15, 0.2) is 0 Å². The number of fused-ring (bicyclic) bond motifs is 1. The van der Waals surface area contributed by atoms with Crippen LogP contribution in [0.15, 0.2) is 66.9 Å². The molecule has 1 aliphatic rings. The van der Waals surface area contributed by atoms with E-state index in [2.05, 4.69) is 4.57 Å². The summed E-state index contributed by atoms with van der Waals surface area (Å²) < 4.78 is 2.17. The number of aryl methyl sites for hydroxylation is 1. The SMILES string of the molecule is Cc1cc(C(=O)N2CCn3cccc3C2c2ccccc2)ccc1[N+](=O)[O-]. The van der Waals surface area contributed by atoms with Crippen molar-refractivity contribution in [2.24, 2.45) is 0 Å². The maximum atomic E-state index is 13.3. The summed E-state index contributed by atoms with van der Waals surface area (Å²) >= 11 is 0. The van der Waals surface area contributed by atoms with Crippen molar-refractivity contribution in [3.63, 3.8) is 0 Å². The summed E-state index contributed by atoms with van der Waals surface area (Å²) in [5.74, 6) is -0.116. The molecule has 1 atom stereocenters. The molecule has 27 heavy (non-hydrogen) atoms. The molecule has 0 N–H and O–H groups in total. The quantitative estimate of drug-likeness (QED) is 0.524. The van der Waals surface area contributed by atoms with Gasteiger partial charge in [-0.15, -0.1) is 0 Å². The Morgan fingerprint density at radius 1 is 1.07 bits per heavy atom. The normalized spacial score (nSPS) is 16.0. The first-order valence-electron chi connectivity index (χ1n) is 8.82. The van der Waals surface area contributed by atoms with Crippen LogP contribution in [0.1, 0.15) is 33.2 Å². The molecule has 2 heterocycles. The van der Waals surface area contributed by atoms with Gasteiger partial charge < -0.3 is 9.47 Å². The molecule has 0 saturated heterocycles. The zero-order valence-electron chi connectivity index (χ0n) is 14.9. The molecule has 0 saturated carbocycles. The summed E-state index contributed by atoms with van der Waals surface area (Å²) in [7, 11) is 0. The van der Waals surface area contributed by atoms with E-state index in [1.165, 1.54) is 6.07 Å². The van der Waals surface area contributed by atoms with Crippen LogP contribution in [0.2, 0.25) is 0 Å². The third-order valence-corrected chi connectivity index (χ3v) is 5.05. The fourth-order valence-corrected chi connectivity index (χ4v) is 3.75. The molecule has 1 aromatic heterocycles. The van der Waals surface area contributed by atoms with Gasteiger partial charge in [-0.05, 0) is 36.8 Å². The molecule has 0 bridgehead atoms. The van der Waals surface area contributed by atoms with Crippen LogP contribution in [0.3, 0.4) is 0 Å². The second-order valence-electron chi connectivity index (χ2n) is 6.70. The van der Waals surface area contributed by atoms with Gasteiger partial charge in [0.25, 0.3) is 11.6 Å². The smallest absolute Gasteiger partial charge is 0.272 e. The van der Waals surface area contributed by atoms with Gasteiger partial charge in [-0.2, -0.15) is 0 Å². The first kappa shape index (κ1) is 17.0. The number of benzene rings is 2. The monoisotopic (exact) mass is 361 g/mol. The van der Waals surface area contributed by atoms with Crippen molar-refractivity contribution in [2.75, 3.05) is 6.54 Å². The van der Waals surface area contributed by atoms with Crippen LogP contribution in [0.4, 0.5) is 5.69 Å². The Morgan fingerprint density at radius 3 is 2.56 bits per heavy atom. The largest absolute Gasteiger partial charge is 0.348 e. The van der Waals surface area contributed by atoms with Gasteiger partial charge >= 0.3 is 0 Å². The van der Waals surface area contributed by atoms with Crippen molar-refractivity contribution in [1.82, 2.24) is 9.47 Å². The van der Waals surface area contributed by atoms with E-state index in [1.54, 1.807) is 19.1 Å². The van der Waals surface area contributed by atoms with Crippen molar-refractivity contribution in [1.29, 1.82) is 0 Å². The van der Waals surface area contributed by atoms with Gasteiger partial charge in [0.2, 0.25) is 0 Å². The van der Waals surface area contributed by atoms with Gasteiger partial charge in [-0.25, -0.2) is 0 Å². The Bertz CT molecular complexity index is 1010. The van der Waals surface area contributed by atoms with Crippen LogP contribution in [0.5, 0.6) is 0 Å². The van der Waals surface area contributed by atoms with Gasteiger partial charge in [-0.1, -0.05) is 30.3 Å². The molecule has 136 valence electrons. The second kappa shape index (κ2) is 6.72. The number of rotatable bonds is 3. The van der Waals surface area contributed by atoms with Crippen LogP contribution in [0.25, 0.3) is 0 Å². The summed E-state index contributed by atoms with van der Waals surface area (Å²) in [6.45, 7) is 2.96. The number of nitro benzene ring substituents is 1. The number of amides is 1. The number of hydrogen-bond acceptors (Lipinski definition) is 3. The number of carbonyl (C=O) groups is 1. The van der Waals surface area contributed by atoms with E-state index in [4.69, 9.17) is 0 Å². The maximum Gasteiger partial charge on any atom is 0.272 e. The van der Waals surface area contributed by atoms with Crippen molar-refractivity contribution in [3.05, 3.63) is 99.4 Å². The first-order chi connectivity index (χ1) is 13.1. The Kier molecular flexibility index (Phi) is 4.24. The lowest BCUT2D eigenvalue weighted by atomic mass is 9.98. The first-order valence-corrected chi connectivity index (χ1v) is 8.82. The summed E-state index contributed by atoms with van der Waals surface area (Å²) in [4.78, 5) is 25.8. The maximum absolute atomic E-state index is 13.3. The standard InChI is InChI=1S/C21H19N3O3/c1-15-14-17(9-10-18(15)24(26)27)21(25)23-13-12-22-11-5-8-19(22)20(23)16-6-3-2-4-7-16/h2-11,14,20H,12-13H2,1H3. The van der Waals surface area contributed by atoms with E-state index >= 15 is 0 Å². The lowest BCUT2D eigenvalue weighted by Gasteiger charge is -2.37. The fraction of sp³-hybridized carbons (Fsp3) is 0.190. The summed E-state index contributed by atoms with van der Waals surface area (Å²) in [6, 6.07) is 18.4. The molecule has 4 rings (SSSR count). The van der Waals surface area contributed by atoms with Crippen LogP contribution in [-0.4, -0.2) is 26.8 Å². The van der Waals surface area contributed by atoms with Gasteiger partial charge in [0.05, 0.1) is 11.0 Å². The Morgan fingerprint density at radius 2 is 1.85 bits per heavy atom. The summed E-state index contributed by atoms with van der Waals surface area (Å²) in [5.41, 5.74) is 3.10. The van der Waals surface area contributed by atoms with E-state index in [0.29, 0.717) is 17.7 Å². The highest BCUT2D eigenvalue weighted by atomic mass is 16.6. The van der Waals surface area contributed by atoms with E-state index in [-0.39, 0.29) is 17.6 Å². The Labute approximate surface area is 156 Å². The molecule has 2 aromatic carbocycles. The third-order valence-electron chi connectivity index (χ3n) is 5.05. The lowest BCUT2D eigenvalue weighted by molar-refractivity contribution is -0.385. The molecule has 0 aliphatic carbocycles. The van der Waals surface area contributed by atoms with Crippen molar-refractivity contribution >= 4 is 11.6 Å². The zero-order valence-corrected chi connectivity index (χ0v) is 14.9. The topological polar surface area (TPSA) is 68.4 Å². The van der Waals surface area contributed by atoms with Crippen LogP contribution < -0.4 is 0 Å². The highest BCUT2D eigenvalue weighted by Gasteiger charge is 2.32. The number of nitrogens with zero attached hydrogens (tertiary/aromatic N) is 3. The van der Waals surface area contributed by atoms with Crippen LogP contribution in [0, 0.1) is 17.0 Å². The Balaban J connectivity index is 1.74. The molecule has 1 aliphatic heterocycles. The number of aromatic nitrogens is 1. The number of carbonyl (C=O) groups excluding carboxylic acids is 1. The molecule has 3 aromatic rings. The van der Waals surface area contributed by atoms with Crippen molar-refractivity contribution in [3.8, 4) is 0 Å². The molecular formula is C21H19N3O3. The molecule has 1 amide bonds. The predicted molar refractivity (Wildman–Crippen MR) is 102 cm³/mol. The van der Waals surface area contributed by atoms with Crippen molar-refractivity contribution < 1.29 is 9.72 Å². The Hall–Kier alpha value is -3.41. The number of hydrogen-bond donors (Lipinski definition) is 0. The number of nitro groups is 1. The van der Waals surface area contributed by atoms with Crippen LogP contribution in [-0.2, 0) is 6.54 Å². The van der Waals surface area contributed by atoms with Crippen LogP contribution >= 0.6 is 0 Å². The predicted octanol–water partition coefficient (Wildman–Crippen LogP) is 3.95. The van der Waals surface area contributed by atoms with Crippen molar-refractivity contribution in [2.45, 2.75) is 19.5 Å². The average molecular weight is 361 g/mol. The molecule has 6 nitrogen and oxygen atoms in total. The van der Waals surface area contributed by atoms with E-state index in [9.17, 15) is 14.9 Å². The van der Waals surface area contributed by atoms with Gasteiger partial charge in [-0.3, -0.25) is 14.9 Å². The highest BCUT2D eigenvalue weighted by Crippen LogP contribution is 2.33. The van der Waals surface area contributed by atoms with Gasteiger partial charge in [0.1, 0.15) is 0 Å².